The molecule has 2 aromatic rings. The monoisotopic (exact) mass is 315 g/mol. The molecule has 0 spiro atoms. The summed E-state index contributed by atoms with van der Waals surface area (Å²) in [6, 6.07) is 21.4. The Morgan fingerprint density at radius 2 is 0.929 bits per heavy atom. The lowest BCUT2D eigenvalue weighted by atomic mass is 10.4. The Bertz CT molecular complexity index is 321. The van der Waals surface area contributed by atoms with Crippen LogP contribution in [0.3, 0.4) is 0 Å². The topological polar surface area (TPSA) is 0 Å². The fourth-order valence-corrected chi connectivity index (χ4v) is 3.35. The molecule has 0 aliphatic rings. The lowest BCUT2D eigenvalue weighted by molar-refractivity contribution is -0.597. The van der Waals surface area contributed by atoms with E-state index >= 15 is 0 Å². The number of benzene rings is 2. The highest BCUT2D eigenvalue weighted by Crippen LogP contribution is 1.85. The van der Waals surface area contributed by atoms with Crippen LogP contribution in [0.15, 0.2) is 60.7 Å². The van der Waals surface area contributed by atoms with E-state index in [9.17, 15) is 0 Å². The lowest BCUT2D eigenvalue weighted by Crippen LogP contribution is -3.61. The van der Waals surface area contributed by atoms with Gasteiger partial charge >= 0.3 is 21.2 Å². The van der Waals surface area contributed by atoms with Gasteiger partial charge in [-0.3, -0.25) is 0 Å². The van der Waals surface area contributed by atoms with Crippen LogP contribution in [-0.4, -0.2) is 0 Å². The van der Waals surface area contributed by atoms with E-state index in [0.717, 1.165) is 0 Å². The fourth-order valence-electron chi connectivity index (χ4n) is 1.08. The first-order valence-electron chi connectivity index (χ1n) is 4.20. The third kappa shape index (κ3) is 3.39. The molecule has 72 valence electrons. The molecule has 1 atom stereocenters. The van der Waals surface area contributed by atoms with Gasteiger partial charge in [-0.05, 0) is 24.3 Å². The van der Waals surface area contributed by atoms with E-state index in [2.05, 4.69) is 60.7 Å². The highest BCUT2D eigenvalue weighted by atomic mass is 127. The minimum atomic E-state index is 0. The Kier molecular flexibility index (Phi) is 5.13. The zero-order valence-corrected chi connectivity index (χ0v) is 11.4. The molecule has 0 aromatic heterocycles. The first-order chi connectivity index (χ1) is 6.45. The largest absolute Gasteiger partial charge is 0.357 e. The molecule has 0 N–H and O–H groups in total. The van der Waals surface area contributed by atoms with Crippen LogP contribution in [0.4, 0.5) is 0 Å². The van der Waals surface area contributed by atoms with Crippen LogP contribution in [0.25, 0.3) is 0 Å². The summed E-state index contributed by atoms with van der Waals surface area (Å²) >= 11 is 0.0287. The first-order valence-corrected chi connectivity index (χ1v) is 6.36. The molecule has 0 aliphatic carbocycles. The van der Waals surface area contributed by atoms with Crippen LogP contribution in [0.1, 0.15) is 0 Å². The molecule has 0 aliphatic heterocycles. The molecule has 0 heterocycles. The van der Waals surface area contributed by atoms with E-state index in [1.165, 1.54) is 7.14 Å². The summed E-state index contributed by atoms with van der Waals surface area (Å²) in [6.07, 6.45) is 0. The van der Waals surface area contributed by atoms with Gasteiger partial charge in [0.15, 0.2) is 7.14 Å². The van der Waals surface area contributed by atoms with E-state index in [1.54, 1.807) is 0 Å². The Balaban J connectivity index is 0.000000980. The van der Waals surface area contributed by atoms with Gasteiger partial charge in [-0.1, -0.05) is 36.4 Å². The van der Waals surface area contributed by atoms with Crippen molar-refractivity contribution in [2.24, 2.45) is 0 Å². The van der Waals surface area contributed by atoms with Gasteiger partial charge in [0.1, 0.15) is 0 Å². The molecule has 0 fully saturated rings. The van der Waals surface area contributed by atoms with E-state index in [-0.39, 0.29) is 31.1 Å². The molecule has 0 amide bonds. The molecule has 0 saturated heterocycles. The Hall–Kier alpha value is -0.400. The summed E-state index contributed by atoms with van der Waals surface area (Å²) in [5.74, 6) is 0. The average Bonchev–Trinajstić information content (AvgIpc) is 2.21. The molecule has 2 heteroatoms. The minimum absolute atomic E-state index is 0. The van der Waals surface area contributed by atoms with Gasteiger partial charge in [0.05, 0.1) is 0 Å². The summed E-state index contributed by atoms with van der Waals surface area (Å²) in [5.41, 5.74) is 0. The van der Waals surface area contributed by atoms with Crippen LogP contribution in [-0.2, 0) is 0 Å². The maximum Gasteiger partial charge on any atom is 0.357 e. The minimum Gasteiger partial charge on any atom is -0.153 e. The van der Waals surface area contributed by atoms with Crippen LogP contribution in [0, 0.1) is 7.14 Å². The third-order valence-electron chi connectivity index (χ3n) is 1.68. The summed E-state index contributed by atoms with van der Waals surface area (Å²) < 4.78 is 2.96. The summed E-state index contributed by atoms with van der Waals surface area (Å²) in [4.78, 5) is 0. The lowest BCUT2D eigenvalue weighted by Gasteiger charge is -1.84. The Morgan fingerprint density at radius 3 is 1.29 bits per heavy atom. The van der Waals surface area contributed by atoms with Crippen LogP contribution < -0.4 is 21.2 Å². The Morgan fingerprint density at radius 1 is 0.571 bits per heavy atom. The predicted octanol–water partition coefficient (Wildman–Crippen LogP) is -0.127. The van der Waals surface area contributed by atoms with Crippen molar-refractivity contribution in [1.82, 2.24) is 0 Å². The van der Waals surface area contributed by atoms with Crippen LogP contribution in [0.2, 0.25) is 0 Å². The van der Waals surface area contributed by atoms with Crippen molar-refractivity contribution in [3.05, 3.63) is 67.8 Å². The number of hydrogen-bond acceptors (Lipinski definition) is 0. The van der Waals surface area contributed by atoms with Crippen molar-refractivity contribution < 1.29 is 21.2 Å². The molecule has 14 heavy (non-hydrogen) atoms. The van der Waals surface area contributed by atoms with Crippen molar-refractivity contribution in [3.63, 3.8) is 0 Å². The highest BCUT2D eigenvalue weighted by molar-refractivity contribution is 6.92. The van der Waals surface area contributed by atoms with Crippen molar-refractivity contribution in [2.75, 3.05) is 0 Å². The second kappa shape index (κ2) is 6.15. The van der Waals surface area contributed by atoms with Crippen molar-refractivity contribution in [1.29, 1.82) is 0 Å². The van der Waals surface area contributed by atoms with E-state index in [1.807, 2.05) is 0 Å². The van der Waals surface area contributed by atoms with Gasteiger partial charge in [-0.2, -0.15) is 9.90 Å². The first kappa shape index (κ1) is 11.7. The normalized spacial score (nSPS) is 9.14. The van der Waals surface area contributed by atoms with Crippen molar-refractivity contribution in [3.8, 4) is 0 Å². The molecular weight excluding hydrogens is 302 g/mol. The quantitative estimate of drug-likeness (QED) is 0.535. The van der Waals surface area contributed by atoms with Crippen molar-refractivity contribution in [2.45, 2.75) is 0 Å². The highest BCUT2D eigenvalue weighted by Gasteiger charge is 2.12. The van der Waals surface area contributed by atoms with E-state index in [4.69, 9.17) is 0 Å². The molecule has 0 saturated carbocycles. The molecule has 0 radical (unpaired) electrons. The van der Waals surface area contributed by atoms with Crippen molar-refractivity contribution >= 4 is 9.90 Å². The maximum atomic E-state index is 2.21. The van der Waals surface area contributed by atoms with E-state index < -0.39 is 0 Å². The molecule has 0 nitrogen and oxygen atoms in total. The zero-order chi connectivity index (χ0) is 8.93. The second-order valence-corrected chi connectivity index (χ2v) is 5.72. The fraction of sp³-hybridized carbons (Fsp3) is 0. The number of rotatable bonds is 2. The molecule has 1 unspecified atom stereocenters. The number of hydrogen-bond donors (Lipinski definition) is 0. The Labute approximate surface area is 98.6 Å². The standard InChI is InChI=1S/C12H10I.H3P/c1-3-7-11(8-4-1)13-12-9-5-2-6-10-12;/h1-10H;1H3/q+1;. The summed E-state index contributed by atoms with van der Waals surface area (Å²) in [5, 5.41) is 0. The second-order valence-electron chi connectivity index (χ2n) is 2.69. The zero-order valence-electron chi connectivity index (χ0n) is 7.86. The molecular formula is C12H13IP+. The van der Waals surface area contributed by atoms with Gasteiger partial charge in [0.2, 0.25) is 0 Å². The van der Waals surface area contributed by atoms with Gasteiger partial charge in [-0.15, -0.1) is 0 Å². The van der Waals surface area contributed by atoms with Gasteiger partial charge in [0.25, 0.3) is 0 Å². The molecule has 0 bridgehead atoms. The smallest absolute Gasteiger partial charge is 0.153 e. The molecule has 2 rings (SSSR count). The third-order valence-corrected chi connectivity index (χ3v) is 4.37. The average molecular weight is 315 g/mol. The molecule has 2 aromatic carbocycles. The number of halogens is 1. The van der Waals surface area contributed by atoms with E-state index in [0.29, 0.717) is 0 Å². The SMILES string of the molecule is P.c1ccc([I+]c2ccccc2)cc1. The summed E-state index contributed by atoms with van der Waals surface area (Å²) in [6.45, 7) is 0. The van der Waals surface area contributed by atoms with Crippen LogP contribution in [0.5, 0.6) is 0 Å². The van der Waals surface area contributed by atoms with Crippen LogP contribution >= 0.6 is 9.90 Å². The van der Waals surface area contributed by atoms with Gasteiger partial charge < -0.3 is 0 Å². The van der Waals surface area contributed by atoms with Gasteiger partial charge in [0, 0.05) is 0 Å². The summed E-state index contributed by atoms with van der Waals surface area (Å²) in [7, 11) is 0. The maximum absolute atomic E-state index is 2.21. The predicted molar refractivity (Wildman–Crippen MR) is 61.4 cm³/mol. The van der Waals surface area contributed by atoms with Gasteiger partial charge in [-0.25, -0.2) is 0 Å².